The quantitative estimate of drug-likeness (QED) is 0.0588. The van der Waals surface area contributed by atoms with Gasteiger partial charge in [-0.1, -0.05) is 37.1 Å². The molecule has 2 saturated heterocycles. The molecular formula is C41H56N10O6. The van der Waals surface area contributed by atoms with Gasteiger partial charge in [0.05, 0.1) is 13.2 Å². The topological polar surface area (TPSA) is 174 Å². The Morgan fingerprint density at radius 1 is 0.719 bits per heavy atom. The number of hydrogen-bond acceptors (Lipinski definition) is 13. The molecule has 57 heavy (non-hydrogen) atoms. The number of carboxylic acids is 1. The molecule has 0 atom stereocenters. The molecule has 0 spiro atoms. The Hall–Kier alpha value is -5.48. The smallest absolute Gasteiger partial charge is 0.332 e. The minimum atomic E-state index is -1.28. The highest BCUT2D eigenvalue weighted by atomic mass is 16.5. The lowest BCUT2D eigenvalue weighted by molar-refractivity contribution is -0.142. The molecule has 4 heterocycles. The Kier molecular flexibility index (Phi) is 15.3. The summed E-state index contributed by atoms with van der Waals surface area (Å²) in [6, 6.07) is 16.6. The van der Waals surface area contributed by atoms with Gasteiger partial charge in [0.1, 0.15) is 11.5 Å². The molecule has 0 amide bonds. The second-order valence-corrected chi connectivity index (χ2v) is 14.5. The van der Waals surface area contributed by atoms with E-state index in [4.69, 9.17) is 19.3 Å². The second-order valence-electron chi connectivity index (χ2n) is 14.5. The lowest BCUT2D eigenvalue weighted by Crippen LogP contribution is -2.29. The maximum absolute atomic E-state index is 12.7. The zero-order chi connectivity index (χ0) is 39.8. The third-order valence-electron chi connectivity index (χ3n) is 9.88. The predicted octanol–water partition coefficient (Wildman–Crippen LogP) is 4.95. The number of aryl methyl sites for hydroxylation is 2. The first-order valence-corrected chi connectivity index (χ1v) is 20.1. The number of nitrogens with zero attached hydrogens (tertiary/aromatic N) is 8. The van der Waals surface area contributed by atoms with E-state index >= 15 is 0 Å². The lowest BCUT2D eigenvalue weighted by Gasteiger charge is -2.26. The highest BCUT2D eigenvalue weighted by Crippen LogP contribution is 2.25. The number of carbonyl (C=O) groups excluding carboxylic acids is 1. The van der Waals surface area contributed by atoms with Gasteiger partial charge in [-0.2, -0.15) is 20.2 Å². The van der Waals surface area contributed by atoms with E-state index in [2.05, 4.69) is 64.9 Å². The third-order valence-corrected chi connectivity index (χ3v) is 9.88. The van der Waals surface area contributed by atoms with Crippen LogP contribution < -0.4 is 20.1 Å². The van der Waals surface area contributed by atoms with E-state index in [9.17, 15) is 9.59 Å². The number of aliphatic carboxylic acids is 1. The monoisotopic (exact) mass is 784 g/mol. The summed E-state index contributed by atoms with van der Waals surface area (Å²) < 4.78 is 20.8. The molecule has 2 aliphatic heterocycles. The molecule has 16 heteroatoms. The number of carboxylic acid groups (broad SMARTS) is 1. The van der Waals surface area contributed by atoms with Crippen molar-refractivity contribution < 1.29 is 28.9 Å². The van der Waals surface area contributed by atoms with Crippen LogP contribution in [-0.4, -0.2) is 109 Å². The first-order chi connectivity index (χ1) is 27.8. The number of carbonyl (C=O) groups is 2. The molecule has 0 radical (unpaired) electrons. The van der Waals surface area contributed by atoms with Gasteiger partial charge in [0.15, 0.2) is 0 Å². The molecule has 2 aliphatic rings. The molecule has 0 bridgehead atoms. The van der Waals surface area contributed by atoms with E-state index in [1.54, 1.807) is 23.5 Å². The molecular weight excluding hydrogens is 729 g/mol. The van der Waals surface area contributed by atoms with Gasteiger partial charge < -0.3 is 30.0 Å². The van der Waals surface area contributed by atoms with Crippen LogP contribution in [0.15, 0.2) is 60.7 Å². The number of benzene rings is 2. The average molecular weight is 785 g/mol. The van der Waals surface area contributed by atoms with Crippen LogP contribution >= 0.6 is 0 Å². The summed E-state index contributed by atoms with van der Waals surface area (Å²) in [6.45, 7) is 8.58. The summed E-state index contributed by atoms with van der Waals surface area (Å²) in [5.41, 5.74) is 2.51. The van der Waals surface area contributed by atoms with E-state index in [-0.39, 0.29) is 11.6 Å². The van der Waals surface area contributed by atoms with Gasteiger partial charge in [-0.15, -0.1) is 0 Å². The molecule has 2 aromatic carbocycles. The fourth-order valence-electron chi connectivity index (χ4n) is 7.00. The van der Waals surface area contributed by atoms with E-state index in [0.29, 0.717) is 57.1 Å². The Morgan fingerprint density at radius 2 is 1.19 bits per heavy atom. The SMILES string of the molecule is Cn1nc(C(OC(=O)C=CC(=O)O)c2nc(NCCCOc3cccc(CN4CCCCC4)c3)n(C)n2)nc1NCCCOc1cccc(CN2CCCCC2)c1. The lowest BCUT2D eigenvalue weighted by atomic mass is 10.1. The van der Waals surface area contributed by atoms with E-state index in [0.717, 1.165) is 56.8 Å². The normalized spacial score (nSPS) is 15.2. The summed E-state index contributed by atoms with van der Waals surface area (Å²) >= 11 is 0. The van der Waals surface area contributed by atoms with Gasteiger partial charge in [-0.25, -0.2) is 19.0 Å². The van der Waals surface area contributed by atoms with Crippen LogP contribution in [-0.2, 0) is 41.5 Å². The first kappa shape index (κ1) is 41.2. The zero-order valence-corrected chi connectivity index (χ0v) is 33.1. The zero-order valence-electron chi connectivity index (χ0n) is 33.1. The average Bonchev–Trinajstić information content (AvgIpc) is 3.77. The number of rotatable bonds is 21. The molecule has 2 aromatic heterocycles. The fraction of sp³-hybridized carbons (Fsp3) is 0.512. The maximum Gasteiger partial charge on any atom is 0.332 e. The second kappa shape index (κ2) is 21.2. The maximum atomic E-state index is 12.7. The van der Waals surface area contributed by atoms with Gasteiger partial charge >= 0.3 is 11.9 Å². The Labute approximate surface area is 334 Å². The largest absolute Gasteiger partial charge is 0.494 e. The Morgan fingerprint density at radius 3 is 1.65 bits per heavy atom. The first-order valence-electron chi connectivity index (χ1n) is 20.1. The van der Waals surface area contributed by atoms with Crippen LogP contribution in [0, 0.1) is 0 Å². The number of nitrogens with one attached hydrogen (secondary N) is 2. The van der Waals surface area contributed by atoms with Crippen molar-refractivity contribution >= 4 is 23.8 Å². The van der Waals surface area contributed by atoms with Gasteiger partial charge in [0.25, 0.3) is 0 Å². The minimum Gasteiger partial charge on any atom is -0.494 e. The number of hydrogen-bond donors (Lipinski definition) is 3. The van der Waals surface area contributed by atoms with Crippen LogP contribution in [0.2, 0.25) is 0 Å². The van der Waals surface area contributed by atoms with E-state index in [1.807, 2.05) is 24.3 Å². The van der Waals surface area contributed by atoms with Crippen LogP contribution in [0.25, 0.3) is 0 Å². The summed E-state index contributed by atoms with van der Waals surface area (Å²) in [5, 5.41) is 24.6. The molecule has 0 saturated carbocycles. The van der Waals surface area contributed by atoms with Crippen molar-refractivity contribution in [1.29, 1.82) is 0 Å². The third kappa shape index (κ3) is 13.0. The Balaban J connectivity index is 1.00. The van der Waals surface area contributed by atoms with Gasteiger partial charge in [-0.3, -0.25) is 9.80 Å². The highest BCUT2D eigenvalue weighted by Gasteiger charge is 2.29. The minimum absolute atomic E-state index is 0.131. The molecule has 306 valence electrons. The molecule has 0 unspecified atom stereocenters. The van der Waals surface area contributed by atoms with Crippen molar-refractivity contribution in [3.05, 3.63) is 83.5 Å². The summed E-state index contributed by atoms with van der Waals surface area (Å²) in [7, 11) is 3.44. The van der Waals surface area contributed by atoms with Gasteiger partial charge in [0, 0.05) is 52.4 Å². The summed E-state index contributed by atoms with van der Waals surface area (Å²) in [4.78, 5) is 37.9. The molecule has 2 fully saturated rings. The molecule has 16 nitrogen and oxygen atoms in total. The predicted molar refractivity (Wildman–Crippen MR) is 215 cm³/mol. The van der Waals surface area contributed by atoms with Crippen LogP contribution in [0.1, 0.15) is 80.2 Å². The number of aromatic nitrogens is 6. The molecule has 3 N–H and O–H groups in total. The molecule has 6 rings (SSSR count). The summed E-state index contributed by atoms with van der Waals surface area (Å²) in [5.74, 6) is 0.669. The Bertz CT molecular complexity index is 1800. The van der Waals surface area contributed by atoms with Crippen molar-refractivity contribution in [1.82, 2.24) is 39.3 Å². The van der Waals surface area contributed by atoms with Gasteiger partial charge in [-0.05, 0) is 100 Å². The standard InChI is InChI=1S/C41H56N10O6/c1-48-40(42-19-11-25-55-33-15-9-13-31(27-33)29-50-21-5-3-6-22-50)44-38(46-48)37(57-36(54)18-17-35(52)53)39-45-41(49(2)47-39)43-20-12-26-56-34-16-10-14-32(28-34)30-51-23-7-4-8-24-51/h9-10,13-18,27-28,37H,3-8,11-12,19-26,29-30H2,1-2H3,(H,52,53)(H,42,44,46)(H,43,45,47). The van der Waals surface area contributed by atoms with Crippen molar-refractivity contribution in [2.75, 3.05) is 63.1 Å². The van der Waals surface area contributed by atoms with E-state index < -0.39 is 18.0 Å². The van der Waals surface area contributed by atoms with Crippen molar-refractivity contribution in [2.45, 2.75) is 70.6 Å². The fourth-order valence-corrected chi connectivity index (χ4v) is 7.00. The number of esters is 1. The summed E-state index contributed by atoms with van der Waals surface area (Å²) in [6.07, 6.45) is 9.40. The van der Waals surface area contributed by atoms with Gasteiger partial charge in [0.2, 0.25) is 29.6 Å². The van der Waals surface area contributed by atoms with Crippen LogP contribution in [0.3, 0.4) is 0 Å². The van der Waals surface area contributed by atoms with Crippen molar-refractivity contribution in [3.63, 3.8) is 0 Å². The molecule has 0 aliphatic carbocycles. The van der Waals surface area contributed by atoms with Crippen molar-refractivity contribution in [2.24, 2.45) is 14.1 Å². The van der Waals surface area contributed by atoms with Crippen molar-refractivity contribution in [3.8, 4) is 11.5 Å². The number of piperidine rings is 2. The van der Waals surface area contributed by atoms with Crippen LogP contribution in [0.4, 0.5) is 11.9 Å². The molecule has 4 aromatic rings. The highest BCUT2D eigenvalue weighted by molar-refractivity contribution is 5.90. The number of likely N-dealkylation sites (tertiary alicyclic amines) is 2. The number of anilines is 2. The van der Waals surface area contributed by atoms with Crippen LogP contribution in [0.5, 0.6) is 11.5 Å². The van der Waals surface area contributed by atoms with E-state index in [1.165, 1.54) is 49.7 Å². The number of ether oxygens (including phenoxy) is 3.